The molecular weight excluding hydrogens is 286 g/mol. The molecule has 0 unspecified atom stereocenters. The molecule has 3 aromatic rings. The van der Waals surface area contributed by atoms with Crippen molar-refractivity contribution in [2.24, 2.45) is 0 Å². The van der Waals surface area contributed by atoms with Gasteiger partial charge in [0.15, 0.2) is 5.43 Å². The van der Waals surface area contributed by atoms with Crippen molar-refractivity contribution in [3.05, 3.63) is 62.8 Å². The van der Waals surface area contributed by atoms with E-state index >= 15 is 0 Å². The molecule has 0 aliphatic carbocycles. The van der Waals surface area contributed by atoms with E-state index in [1.165, 1.54) is 6.07 Å². The maximum Gasteiger partial charge on any atom is 0.193 e. The number of aryl methyl sites for hydroxylation is 2. The molecule has 2 N–H and O–H groups in total. The fourth-order valence-electron chi connectivity index (χ4n) is 2.53. The van der Waals surface area contributed by atoms with E-state index in [4.69, 9.17) is 21.8 Å². The minimum absolute atomic E-state index is 0.0813. The third-order valence-electron chi connectivity index (χ3n) is 3.43. The molecule has 21 heavy (non-hydrogen) atoms. The summed E-state index contributed by atoms with van der Waals surface area (Å²) in [6.45, 7) is 3.87. The first-order chi connectivity index (χ1) is 9.95. The molecule has 0 saturated carbocycles. The van der Waals surface area contributed by atoms with Gasteiger partial charge in [-0.1, -0.05) is 17.7 Å². The van der Waals surface area contributed by atoms with E-state index in [1.807, 2.05) is 26.0 Å². The summed E-state index contributed by atoms with van der Waals surface area (Å²) in [5, 5.41) is 1.10. The van der Waals surface area contributed by atoms with E-state index < -0.39 is 0 Å². The van der Waals surface area contributed by atoms with Gasteiger partial charge in [0.2, 0.25) is 0 Å². The van der Waals surface area contributed by atoms with Crippen LogP contribution in [0.5, 0.6) is 0 Å². The maximum absolute atomic E-state index is 12.4. The summed E-state index contributed by atoms with van der Waals surface area (Å²) in [5.74, 6) is 0.426. The first-order valence-electron chi connectivity index (χ1n) is 6.56. The summed E-state index contributed by atoms with van der Waals surface area (Å²) in [6, 6.07) is 10.4. The number of benzene rings is 2. The van der Waals surface area contributed by atoms with Gasteiger partial charge in [0.1, 0.15) is 11.3 Å². The number of nitrogen functional groups attached to an aromatic ring is 1. The Hall–Kier alpha value is -2.26. The topological polar surface area (TPSA) is 56.2 Å². The number of anilines is 1. The van der Waals surface area contributed by atoms with E-state index in [2.05, 4.69) is 0 Å². The fraction of sp³-hybridized carbons (Fsp3) is 0.118. The lowest BCUT2D eigenvalue weighted by molar-refractivity contribution is 0.618. The Morgan fingerprint density at radius 3 is 2.62 bits per heavy atom. The Bertz CT molecular complexity index is 913. The normalized spacial score (nSPS) is 11.0. The van der Waals surface area contributed by atoms with E-state index in [-0.39, 0.29) is 5.43 Å². The van der Waals surface area contributed by atoms with Crippen LogP contribution in [0.15, 0.2) is 45.6 Å². The van der Waals surface area contributed by atoms with Crippen molar-refractivity contribution in [2.75, 3.05) is 5.73 Å². The Morgan fingerprint density at radius 1 is 1.10 bits per heavy atom. The molecule has 3 rings (SSSR count). The number of nitrogens with two attached hydrogens (primary N) is 1. The molecule has 0 fully saturated rings. The summed E-state index contributed by atoms with van der Waals surface area (Å²) >= 11 is 6.18. The van der Waals surface area contributed by atoms with Crippen LogP contribution < -0.4 is 11.2 Å². The minimum Gasteiger partial charge on any atom is -0.456 e. The van der Waals surface area contributed by atoms with Gasteiger partial charge in [-0.3, -0.25) is 4.79 Å². The van der Waals surface area contributed by atoms with Crippen LogP contribution in [0.3, 0.4) is 0 Å². The zero-order valence-corrected chi connectivity index (χ0v) is 12.5. The molecule has 0 atom stereocenters. The molecule has 0 radical (unpaired) electrons. The van der Waals surface area contributed by atoms with Crippen molar-refractivity contribution in [1.29, 1.82) is 0 Å². The van der Waals surface area contributed by atoms with Gasteiger partial charge in [-0.25, -0.2) is 0 Å². The highest BCUT2D eigenvalue weighted by Crippen LogP contribution is 2.31. The molecule has 1 aromatic heterocycles. The standard InChI is InChI=1S/C17H14ClNO2/c1-9-5-10(2)17-14(20)8-15(21-16(17)6-9)12-7-11(19)3-4-13(12)18/h3-8H,19H2,1-2H3. The lowest BCUT2D eigenvalue weighted by Gasteiger charge is -2.08. The number of fused-ring (bicyclic) bond motifs is 1. The van der Waals surface area contributed by atoms with Crippen LogP contribution in [-0.2, 0) is 0 Å². The zero-order chi connectivity index (χ0) is 15.1. The average molecular weight is 300 g/mol. The zero-order valence-electron chi connectivity index (χ0n) is 11.7. The molecule has 0 amide bonds. The van der Waals surface area contributed by atoms with E-state index in [1.54, 1.807) is 18.2 Å². The van der Waals surface area contributed by atoms with Crippen LogP contribution in [0.2, 0.25) is 5.02 Å². The molecule has 1 heterocycles. The van der Waals surface area contributed by atoms with Crippen molar-refractivity contribution < 1.29 is 4.42 Å². The van der Waals surface area contributed by atoms with Gasteiger partial charge in [0.05, 0.1) is 10.4 Å². The lowest BCUT2D eigenvalue weighted by Crippen LogP contribution is -2.03. The Labute approximate surface area is 127 Å². The van der Waals surface area contributed by atoms with Crippen molar-refractivity contribution in [3.63, 3.8) is 0 Å². The predicted molar refractivity (Wildman–Crippen MR) is 86.8 cm³/mol. The Balaban J connectivity index is 2.35. The smallest absolute Gasteiger partial charge is 0.193 e. The number of halogens is 1. The summed E-state index contributed by atoms with van der Waals surface area (Å²) in [7, 11) is 0. The molecule has 106 valence electrons. The second-order valence-corrected chi connectivity index (χ2v) is 5.58. The van der Waals surface area contributed by atoms with Gasteiger partial charge >= 0.3 is 0 Å². The quantitative estimate of drug-likeness (QED) is 0.681. The molecule has 0 spiro atoms. The van der Waals surface area contributed by atoms with Crippen molar-refractivity contribution >= 4 is 28.3 Å². The predicted octanol–water partition coefficient (Wildman–Crippen LogP) is 4.31. The van der Waals surface area contributed by atoms with Gasteiger partial charge in [-0.2, -0.15) is 0 Å². The molecule has 4 heteroatoms. The molecule has 3 nitrogen and oxygen atoms in total. The number of hydrogen-bond acceptors (Lipinski definition) is 3. The monoisotopic (exact) mass is 299 g/mol. The third-order valence-corrected chi connectivity index (χ3v) is 3.76. The Kier molecular flexibility index (Phi) is 3.22. The lowest BCUT2D eigenvalue weighted by atomic mass is 10.1. The summed E-state index contributed by atoms with van der Waals surface area (Å²) in [6.07, 6.45) is 0. The first-order valence-corrected chi connectivity index (χ1v) is 6.94. The van der Waals surface area contributed by atoms with E-state index in [9.17, 15) is 4.79 Å². The highest BCUT2D eigenvalue weighted by atomic mass is 35.5. The molecule has 0 bridgehead atoms. The fourth-order valence-corrected chi connectivity index (χ4v) is 2.74. The van der Waals surface area contributed by atoms with Crippen LogP contribution >= 0.6 is 11.6 Å². The highest BCUT2D eigenvalue weighted by molar-refractivity contribution is 6.33. The number of rotatable bonds is 1. The Morgan fingerprint density at radius 2 is 1.86 bits per heavy atom. The molecular formula is C17H14ClNO2. The summed E-state index contributed by atoms with van der Waals surface area (Å²) < 4.78 is 5.89. The van der Waals surface area contributed by atoms with E-state index in [0.29, 0.717) is 33.0 Å². The molecule has 0 aliphatic rings. The highest BCUT2D eigenvalue weighted by Gasteiger charge is 2.12. The van der Waals surface area contributed by atoms with Crippen molar-refractivity contribution in [1.82, 2.24) is 0 Å². The summed E-state index contributed by atoms with van der Waals surface area (Å²) in [5.41, 5.74) is 9.40. The summed E-state index contributed by atoms with van der Waals surface area (Å²) in [4.78, 5) is 12.4. The molecule has 2 aromatic carbocycles. The van der Waals surface area contributed by atoms with Gasteiger partial charge in [-0.05, 0) is 49.2 Å². The number of hydrogen-bond donors (Lipinski definition) is 1. The largest absolute Gasteiger partial charge is 0.456 e. The van der Waals surface area contributed by atoms with Gasteiger partial charge in [0.25, 0.3) is 0 Å². The minimum atomic E-state index is -0.0813. The maximum atomic E-state index is 12.4. The van der Waals surface area contributed by atoms with Crippen LogP contribution in [0.1, 0.15) is 11.1 Å². The van der Waals surface area contributed by atoms with Gasteiger partial charge in [0, 0.05) is 17.3 Å². The van der Waals surface area contributed by atoms with Crippen LogP contribution in [0, 0.1) is 13.8 Å². The first kappa shape index (κ1) is 13.7. The van der Waals surface area contributed by atoms with Crippen molar-refractivity contribution in [3.8, 4) is 11.3 Å². The second kappa shape index (κ2) is 4.93. The van der Waals surface area contributed by atoms with Gasteiger partial charge in [-0.15, -0.1) is 0 Å². The SMILES string of the molecule is Cc1cc(C)c2c(=O)cc(-c3cc(N)ccc3Cl)oc2c1. The van der Waals surface area contributed by atoms with Crippen LogP contribution in [0.25, 0.3) is 22.3 Å². The molecule has 0 aliphatic heterocycles. The molecule has 0 saturated heterocycles. The second-order valence-electron chi connectivity index (χ2n) is 5.17. The van der Waals surface area contributed by atoms with Crippen molar-refractivity contribution in [2.45, 2.75) is 13.8 Å². The van der Waals surface area contributed by atoms with E-state index in [0.717, 1.165) is 11.1 Å². The third kappa shape index (κ3) is 2.41. The average Bonchev–Trinajstić information content (AvgIpc) is 2.40. The van der Waals surface area contributed by atoms with Crippen LogP contribution in [0.4, 0.5) is 5.69 Å². The van der Waals surface area contributed by atoms with Gasteiger partial charge < -0.3 is 10.2 Å². The van der Waals surface area contributed by atoms with Crippen LogP contribution in [-0.4, -0.2) is 0 Å².